The number of hydrogen-bond acceptors (Lipinski definition) is 4. The van der Waals surface area contributed by atoms with E-state index in [1.54, 1.807) is 17.5 Å². The van der Waals surface area contributed by atoms with Crippen molar-refractivity contribution in [3.8, 4) is 0 Å². The average molecular weight is 394 g/mol. The Labute approximate surface area is 168 Å². The Kier molecular flexibility index (Phi) is 6.55. The molecule has 0 bridgehead atoms. The maximum atomic E-state index is 12.5. The largest absolute Gasteiger partial charge is 0.349 e. The molecule has 0 fully saturated rings. The van der Waals surface area contributed by atoms with Gasteiger partial charge in [0.05, 0.1) is 18.2 Å². The molecule has 0 aliphatic carbocycles. The van der Waals surface area contributed by atoms with Crippen molar-refractivity contribution in [2.75, 3.05) is 5.32 Å². The van der Waals surface area contributed by atoms with Crippen molar-refractivity contribution in [1.29, 1.82) is 0 Å². The number of rotatable bonds is 7. The van der Waals surface area contributed by atoms with E-state index in [1.165, 1.54) is 11.3 Å². The van der Waals surface area contributed by atoms with E-state index in [0.29, 0.717) is 16.4 Å². The van der Waals surface area contributed by atoms with E-state index in [9.17, 15) is 9.59 Å². The van der Waals surface area contributed by atoms with Crippen LogP contribution in [0.25, 0.3) is 0 Å². The van der Waals surface area contributed by atoms with E-state index in [-0.39, 0.29) is 30.2 Å². The highest BCUT2D eigenvalue weighted by Gasteiger charge is 2.19. The molecule has 5 nitrogen and oxygen atoms in total. The summed E-state index contributed by atoms with van der Waals surface area (Å²) in [6, 6.07) is 18.9. The van der Waals surface area contributed by atoms with Crippen molar-refractivity contribution < 1.29 is 9.59 Å². The first kappa shape index (κ1) is 19.8. The monoisotopic (exact) mass is 393 g/mol. The molecular formula is C22H23N3O2S. The van der Waals surface area contributed by atoms with E-state index in [1.807, 2.05) is 48.5 Å². The van der Waals surface area contributed by atoms with Gasteiger partial charge in [-0.3, -0.25) is 14.9 Å². The SMILES string of the molecule is CC(C)C(NC(=O)Cc1csc(NC(=O)c2ccccc2)n1)c1ccccc1. The zero-order chi connectivity index (χ0) is 19.9. The van der Waals surface area contributed by atoms with Crippen LogP contribution >= 0.6 is 11.3 Å². The highest BCUT2D eigenvalue weighted by molar-refractivity contribution is 7.14. The lowest BCUT2D eigenvalue weighted by atomic mass is 9.96. The summed E-state index contributed by atoms with van der Waals surface area (Å²) in [5, 5.41) is 8.15. The van der Waals surface area contributed by atoms with Crippen LogP contribution in [-0.4, -0.2) is 16.8 Å². The van der Waals surface area contributed by atoms with Crippen molar-refractivity contribution in [1.82, 2.24) is 10.3 Å². The molecule has 0 radical (unpaired) electrons. The number of thiazole rings is 1. The van der Waals surface area contributed by atoms with Crippen LogP contribution in [0.3, 0.4) is 0 Å². The first-order valence-electron chi connectivity index (χ1n) is 9.18. The van der Waals surface area contributed by atoms with Crippen molar-refractivity contribution in [2.24, 2.45) is 5.92 Å². The topological polar surface area (TPSA) is 71.1 Å². The van der Waals surface area contributed by atoms with Crippen LogP contribution in [0.15, 0.2) is 66.0 Å². The molecule has 3 aromatic rings. The predicted octanol–water partition coefficient (Wildman–Crippen LogP) is 4.45. The standard InChI is InChI=1S/C22H23N3O2S/c1-15(2)20(16-9-5-3-6-10-16)24-19(26)13-18-14-28-22(23-18)25-21(27)17-11-7-4-8-12-17/h3-12,14-15,20H,13H2,1-2H3,(H,24,26)(H,23,25,27). The third-order valence-electron chi connectivity index (χ3n) is 4.29. The lowest BCUT2D eigenvalue weighted by Gasteiger charge is -2.22. The zero-order valence-corrected chi connectivity index (χ0v) is 16.7. The van der Waals surface area contributed by atoms with E-state index in [2.05, 4.69) is 29.5 Å². The van der Waals surface area contributed by atoms with E-state index in [0.717, 1.165) is 5.56 Å². The van der Waals surface area contributed by atoms with Gasteiger partial charge in [0, 0.05) is 10.9 Å². The van der Waals surface area contributed by atoms with Gasteiger partial charge in [0.1, 0.15) is 0 Å². The highest BCUT2D eigenvalue weighted by atomic mass is 32.1. The number of hydrogen-bond donors (Lipinski definition) is 2. The molecule has 2 aromatic carbocycles. The zero-order valence-electron chi connectivity index (χ0n) is 15.9. The van der Waals surface area contributed by atoms with Gasteiger partial charge in [-0.2, -0.15) is 0 Å². The highest BCUT2D eigenvalue weighted by Crippen LogP contribution is 2.22. The number of nitrogens with one attached hydrogen (secondary N) is 2. The Balaban J connectivity index is 1.59. The fraction of sp³-hybridized carbons (Fsp3) is 0.227. The second-order valence-corrected chi connectivity index (χ2v) is 7.70. The normalized spacial score (nSPS) is 11.8. The van der Waals surface area contributed by atoms with Crippen molar-refractivity contribution in [3.63, 3.8) is 0 Å². The first-order chi connectivity index (χ1) is 13.5. The van der Waals surface area contributed by atoms with Gasteiger partial charge in [-0.15, -0.1) is 11.3 Å². The van der Waals surface area contributed by atoms with Crippen molar-refractivity contribution >= 4 is 28.3 Å². The quantitative estimate of drug-likeness (QED) is 0.623. The minimum Gasteiger partial charge on any atom is -0.349 e. The summed E-state index contributed by atoms with van der Waals surface area (Å²) in [4.78, 5) is 29.1. The molecule has 0 spiro atoms. The van der Waals surface area contributed by atoms with Crippen molar-refractivity contribution in [2.45, 2.75) is 26.3 Å². The van der Waals surface area contributed by atoms with Gasteiger partial charge in [0.2, 0.25) is 5.91 Å². The molecule has 1 unspecified atom stereocenters. The second-order valence-electron chi connectivity index (χ2n) is 6.84. The Bertz CT molecular complexity index is 923. The molecule has 6 heteroatoms. The molecule has 2 N–H and O–H groups in total. The van der Waals surface area contributed by atoms with Crippen LogP contribution in [0.2, 0.25) is 0 Å². The maximum Gasteiger partial charge on any atom is 0.257 e. The Morgan fingerprint density at radius 3 is 2.29 bits per heavy atom. The lowest BCUT2D eigenvalue weighted by molar-refractivity contribution is -0.121. The second kappa shape index (κ2) is 9.28. The molecule has 0 saturated heterocycles. The van der Waals surface area contributed by atoms with Crippen LogP contribution in [0.5, 0.6) is 0 Å². The number of aromatic nitrogens is 1. The predicted molar refractivity (Wildman–Crippen MR) is 112 cm³/mol. The number of nitrogens with zero attached hydrogens (tertiary/aromatic N) is 1. The molecule has 1 heterocycles. The molecule has 28 heavy (non-hydrogen) atoms. The third kappa shape index (κ3) is 5.27. The summed E-state index contributed by atoms with van der Waals surface area (Å²) in [6.07, 6.45) is 0.174. The Morgan fingerprint density at radius 2 is 1.64 bits per heavy atom. The van der Waals surface area contributed by atoms with Crippen LogP contribution in [0, 0.1) is 5.92 Å². The molecule has 144 valence electrons. The summed E-state index contributed by atoms with van der Waals surface area (Å²) < 4.78 is 0. The van der Waals surface area contributed by atoms with E-state index >= 15 is 0 Å². The van der Waals surface area contributed by atoms with Gasteiger partial charge in [0.15, 0.2) is 5.13 Å². The summed E-state index contributed by atoms with van der Waals surface area (Å²) >= 11 is 1.31. The minimum absolute atomic E-state index is 0.0513. The number of carbonyl (C=O) groups excluding carboxylic acids is 2. The van der Waals surface area contributed by atoms with Gasteiger partial charge < -0.3 is 5.32 Å². The minimum atomic E-state index is -0.213. The van der Waals surface area contributed by atoms with Gasteiger partial charge in [-0.1, -0.05) is 62.4 Å². The number of anilines is 1. The first-order valence-corrected chi connectivity index (χ1v) is 10.1. The Morgan fingerprint density at radius 1 is 1.00 bits per heavy atom. The van der Waals surface area contributed by atoms with Gasteiger partial charge in [0.25, 0.3) is 5.91 Å². The van der Waals surface area contributed by atoms with Gasteiger partial charge in [-0.05, 0) is 23.6 Å². The van der Waals surface area contributed by atoms with Crippen LogP contribution in [-0.2, 0) is 11.2 Å². The smallest absolute Gasteiger partial charge is 0.257 e. The fourth-order valence-corrected chi connectivity index (χ4v) is 3.59. The van der Waals surface area contributed by atoms with Crippen LogP contribution in [0.4, 0.5) is 5.13 Å². The molecule has 2 amide bonds. The molecule has 0 aliphatic rings. The maximum absolute atomic E-state index is 12.5. The van der Waals surface area contributed by atoms with Crippen molar-refractivity contribution in [3.05, 3.63) is 82.9 Å². The molecule has 0 aliphatic heterocycles. The van der Waals surface area contributed by atoms with E-state index in [4.69, 9.17) is 0 Å². The van der Waals surface area contributed by atoms with Gasteiger partial charge >= 0.3 is 0 Å². The average Bonchev–Trinajstić information content (AvgIpc) is 3.13. The molecular weight excluding hydrogens is 370 g/mol. The van der Waals surface area contributed by atoms with E-state index < -0.39 is 0 Å². The summed E-state index contributed by atoms with van der Waals surface area (Å²) in [7, 11) is 0. The fourth-order valence-electron chi connectivity index (χ4n) is 2.89. The van der Waals surface area contributed by atoms with Crippen LogP contribution in [0.1, 0.15) is 41.5 Å². The third-order valence-corrected chi connectivity index (χ3v) is 5.10. The lowest BCUT2D eigenvalue weighted by Crippen LogP contribution is -2.32. The molecule has 1 atom stereocenters. The molecule has 3 rings (SSSR count). The Hall–Kier alpha value is -2.99. The number of amides is 2. The number of carbonyl (C=O) groups is 2. The summed E-state index contributed by atoms with van der Waals surface area (Å²) in [6.45, 7) is 4.16. The van der Waals surface area contributed by atoms with Gasteiger partial charge in [-0.25, -0.2) is 4.98 Å². The summed E-state index contributed by atoms with van der Waals surface area (Å²) in [5.74, 6) is -0.0359. The summed E-state index contributed by atoms with van der Waals surface area (Å²) in [5.41, 5.74) is 2.29. The van der Waals surface area contributed by atoms with Crippen LogP contribution < -0.4 is 10.6 Å². The molecule has 1 aromatic heterocycles. The number of benzene rings is 2. The molecule has 0 saturated carbocycles.